The Kier molecular flexibility index (Phi) is 5.98. The van der Waals surface area contributed by atoms with Gasteiger partial charge in [0.2, 0.25) is 0 Å². The van der Waals surface area contributed by atoms with E-state index in [0.29, 0.717) is 0 Å². The molecule has 14 heavy (non-hydrogen) atoms. The summed E-state index contributed by atoms with van der Waals surface area (Å²) in [5, 5.41) is 4.42. The largest absolute Gasteiger partial charge is 0.383 e. The smallest absolute Gasteiger partial charge is 0.156 e. The summed E-state index contributed by atoms with van der Waals surface area (Å²) in [4.78, 5) is 6.57. The van der Waals surface area contributed by atoms with Gasteiger partial charge in [0.15, 0.2) is 5.17 Å². The van der Waals surface area contributed by atoms with Crippen molar-refractivity contribution in [1.29, 1.82) is 0 Å². The highest BCUT2D eigenvalue weighted by Gasteiger charge is 2.05. The summed E-state index contributed by atoms with van der Waals surface area (Å²) in [5.41, 5.74) is 0. The van der Waals surface area contributed by atoms with Crippen LogP contribution in [0.4, 0.5) is 0 Å². The first-order valence-corrected chi connectivity index (χ1v) is 5.90. The molecule has 1 heterocycles. The standard InChI is InChI=1S/C9H19N3OS/c1-12(6-7-13-2)5-3-10-9-11-4-8-14-9/h3-8H2,1-2H3,(H,10,11). The van der Waals surface area contributed by atoms with Gasteiger partial charge in [0.05, 0.1) is 13.2 Å². The Balaban J connectivity index is 1.97. The van der Waals surface area contributed by atoms with Crippen molar-refractivity contribution in [2.75, 3.05) is 52.7 Å². The number of rotatable bonds is 6. The van der Waals surface area contributed by atoms with E-state index in [9.17, 15) is 0 Å². The SMILES string of the molecule is COCCN(C)CCNC1=NCCS1. The van der Waals surface area contributed by atoms with Crippen LogP contribution in [0.15, 0.2) is 4.99 Å². The van der Waals surface area contributed by atoms with Gasteiger partial charge in [0.25, 0.3) is 0 Å². The Bertz CT molecular complexity index is 187. The molecular formula is C9H19N3OS. The number of hydrogen-bond donors (Lipinski definition) is 1. The second-order valence-corrected chi connectivity index (χ2v) is 4.34. The highest BCUT2D eigenvalue weighted by molar-refractivity contribution is 8.14. The second-order valence-electron chi connectivity index (χ2n) is 3.26. The Morgan fingerprint density at radius 2 is 2.43 bits per heavy atom. The van der Waals surface area contributed by atoms with E-state index in [1.54, 1.807) is 7.11 Å². The van der Waals surface area contributed by atoms with Crippen LogP contribution < -0.4 is 5.32 Å². The van der Waals surface area contributed by atoms with Crippen molar-refractivity contribution in [1.82, 2.24) is 10.2 Å². The number of thioether (sulfide) groups is 1. The quantitative estimate of drug-likeness (QED) is 0.692. The summed E-state index contributed by atoms with van der Waals surface area (Å²) in [6.07, 6.45) is 0. The van der Waals surface area contributed by atoms with Crippen LogP contribution in [-0.2, 0) is 4.74 Å². The van der Waals surface area contributed by atoms with Crippen LogP contribution >= 0.6 is 11.8 Å². The molecule has 1 aliphatic heterocycles. The molecule has 0 bridgehead atoms. The molecule has 0 unspecified atom stereocenters. The van der Waals surface area contributed by atoms with Gasteiger partial charge in [-0.2, -0.15) is 0 Å². The van der Waals surface area contributed by atoms with Gasteiger partial charge in [0.1, 0.15) is 0 Å². The molecule has 82 valence electrons. The van der Waals surface area contributed by atoms with Gasteiger partial charge in [-0.3, -0.25) is 4.99 Å². The Morgan fingerprint density at radius 1 is 1.57 bits per heavy atom. The van der Waals surface area contributed by atoms with E-state index in [0.717, 1.165) is 43.7 Å². The predicted molar refractivity (Wildman–Crippen MR) is 62.1 cm³/mol. The highest BCUT2D eigenvalue weighted by Crippen LogP contribution is 2.08. The van der Waals surface area contributed by atoms with Crippen LogP contribution in [0.3, 0.4) is 0 Å². The lowest BCUT2D eigenvalue weighted by Crippen LogP contribution is -2.33. The molecule has 0 atom stereocenters. The van der Waals surface area contributed by atoms with Crippen molar-refractivity contribution in [3.05, 3.63) is 0 Å². The molecule has 0 spiro atoms. The molecule has 0 saturated carbocycles. The second kappa shape index (κ2) is 7.09. The first-order valence-electron chi connectivity index (χ1n) is 4.91. The van der Waals surface area contributed by atoms with E-state index < -0.39 is 0 Å². The van der Waals surface area contributed by atoms with Gasteiger partial charge in [-0.1, -0.05) is 11.8 Å². The fourth-order valence-electron chi connectivity index (χ4n) is 1.15. The van der Waals surface area contributed by atoms with E-state index in [4.69, 9.17) is 4.74 Å². The Labute approximate surface area is 90.1 Å². The number of ether oxygens (including phenoxy) is 1. The first-order chi connectivity index (χ1) is 6.83. The van der Waals surface area contributed by atoms with E-state index >= 15 is 0 Å². The lowest BCUT2D eigenvalue weighted by Gasteiger charge is -2.16. The van der Waals surface area contributed by atoms with Gasteiger partial charge in [0, 0.05) is 32.5 Å². The van der Waals surface area contributed by atoms with Crippen molar-refractivity contribution >= 4 is 16.9 Å². The van der Waals surface area contributed by atoms with Crippen molar-refractivity contribution in [2.24, 2.45) is 4.99 Å². The average Bonchev–Trinajstić information content (AvgIpc) is 2.67. The van der Waals surface area contributed by atoms with Gasteiger partial charge >= 0.3 is 0 Å². The zero-order valence-corrected chi connectivity index (χ0v) is 9.77. The Hall–Kier alpha value is -0.260. The van der Waals surface area contributed by atoms with E-state index in [2.05, 4.69) is 22.3 Å². The van der Waals surface area contributed by atoms with Crippen LogP contribution in [0.5, 0.6) is 0 Å². The molecule has 0 fully saturated rings. The van der Waals surface area contributed by atoms with Gasteiger partial charge in [-0.05, 0) is 7.05 Å². The summed E-state index contributed by atoms with van der Waals surface area (Å²) >= 11 is 1.81. The number of aliphatic imine (C=N–C) groups is 1. The number of nitrogens with one attached hydrogen (secondary N) is 1. The lowest BCUT2D eigenvalue weighted by molar-refractivity contribution is 0.162. The minimum atomic E-state index is 0.798. The summed E-state index contributed by atoms with van der Waals surface area (Å²) in [7, 11) is 3.83. The molecule has 5 heteroatoms. The molecule has 1 aliphatic rings. The average molecular weight is 217 g/mol. The maximum absolute atomic E-state index is 5.00. The highest BCUT2D eigenvalue weighted by atomic mass is 32.2. The summed E-state index contributed by atoms with van der Waals surface area (Å²) < 4.78 is 5.00. The third-order valence-electron chi connectivity index (χ3n) is 2.03. The van der Waals surface area contributed by atoms with Gasteiger partial charge in [-0.15, -0.1) is 0 Å². The maximum atomic E-state index is 5.00. The van der Waals surface area contributed by atoms with Crippen molar-refractivity contribution in [3.63, 3.8) is 0 Å². The molecular weight excluding hydrogens is 198 g/mol. The molecule has 0 aromatic rings. The van der Waals surface area contributed by atoms with E-state index in [1.807, 2.05) is 11.8 Å². The molecule has 0 saturated heterocycles. The Morgan fingerprint density at radius 3 is 3.07 bits per heavy atom. The third-order valence-corrected chi connectivity index (χ3v) is 2.97. The van der Waals surface area contributed by atoms with Crippen LogP contribution in [0, 0.1) is 0 Å². The predicted octanol–water partition coefficient (Wildman–Crippen LogP) is 0.257. The normalized spacial score (nSPS) is 16.1. The summed E-state index contributed by atoms with van der Waals surface area (Å²) in [5.74, 6) is 1.13. The minimum Gasteiger partial charge on any atom is -0.383 e. The van der Waals surface area contributed by atoms with Crippen molar-refractivity contribution in [3.8, 4) is 0 Å². The molecule has 1 N–H and O–H groups in total. The van der Waals surface area contributed by atoms with Crippen LogP contribution in [0.2, 0.25) is 0 Å². The first kappa shape index (κ1) is 11.8. The number of hydrogen-bond acceptors (Lipinski definition) is 5. The fraction of sp³-hybridized carbons (Fsp3) is 0.889. The number of amidine groups is 1. The van der Waals surface area contributed by atoms with E-state index in [-0.39, 0.29) is 0 Å². The van der Waals surface area contributed by atoms with Crippen LogP contribution in [-0.4, -0.2) is 62.8 Å². The zero-order valence-electron chi connectivity index (χ0n) is 8.95. The molecule has 0 aromatic carbocycles. The maximum Gasteiger partial charge on any atom is 0.156 e. The lowest BCUT2D eigenvalue weighted by atomic mass is 10.5. The molecule has 0 aromatic heterocycles. The number of likely N-dealkylation sites (N-methyl/N-ethyl adjacent to an activating group) is 1. The fourth-order valence-corrected chi connectivity index (χ4v) is 1.92. The zero-order chi connectivity index (χ0) is 10.2. The summed E-state index contributed by atoms with van der Waals surface area (Å²) in [6.45, 7) is 4.74. The monoisotopic (exact) mass is 217 g/mol. The summed E-state index contributed by atoms with van der Waals surface area (Å²) in [6, 6.07) is 0. The minimum absolute atomic E-state index is 0.798. The topological polar surface area (TPSA) is 36.9 Å². The molecule has 1 rings (SSSR count). The van der Waals surface area contributed by atoms with E-state index in [1.165, 1.54) is 0 Å². The number of methoxy groups -OCH3 is 1. The molecule has 0 radical (unpaired) electrons. The molecule has 4 nitrogen and oxygen atoms in total. The van der Waals surface area contributed by atoms with Crippen LogP contribution in [0.1, 0.15) is 0 Å². The number of nitrogens with zero attached hydrogens (tertiary/aromatic N) is 2. The van der Waals surface area contributed by atoms with Gasteiger partial charge in [-0.25, -0.2) is 0 Å². The van der Waals surface area contributed by atoms with Crippen molar-refractivity contribution in [2.45, 2.75) is 0 Å². The van der Waals surface area contributed by atoms with Crippen LogP contribution in [0.25, 0.3) is 0 Å². The molecule has 0 amide bonds. The third kappa shape index (κ3) is 4.83. The van der Waals surface area contributed by atoms with Gasteiger partial charge < -0.3 is 15.0 Å². The molecule has 0 aliphatic carbocycles. The van der Waals surface area contributed by atoms with Crippen molar-refractivity contribution < 1.29 is 4.74 Å².